The van der Waals surface area contributed by atoms with Crippen LogP contribution in [0.5, 0.6) is 0 Å². The average Bonchev–Trinajstić information content (AvgIpc) is 2.65. The van der Waals surface area contributed by atoms with E-state index in [2.05, 4.69) is 5.32 Å². The van der Waals surface area contributed by atoms with E-state index in [1.54, 1.807) is 4.90 Å². The van der Waals surface area contributed by atoms with Crippen molar-refractivity contribution in [2.45, 2.75) is 65.0 Å². The molecule has 3 amide bonds. The molecule has 2 unspecified atom stereocenters. The SMILES string of the molecule is CC(C)C(NC(=O)CCl)C(=O)N1CCN(C(=O)C2CCCCC2)C(C)C1. The van der Waals surface area contributed by atoms with Gasteiger partial charge in [0, 0.05) is 31.6 Å². The second-order valence-corrected chi connectivity index (χ2v) is 8.19. The van der Waals surface area contributed by atoms with Crippen LogP contribution in [-0.4, -0.2) is 65.1 Å². The smallest absolute Gasteiger partial charge is 0.245 e. The number of nitrogens with one attached hydrogen (secondary N) is 1. The summed E-state index contributed by atoms with van der Waals surface area (Å²) in [5.41, 5.74) is 0. The highest BCUT2D eigenvalue weighted by atomic mass is 35.5. The number of amides is 3. The fraction of sp³-hybridized carbons (Fsp3) is 0.842. The molecule has 1 saturated heterocycles. The van der Waals surface area contributed by atoms with Gasteiger partial charge in [0.2, 0.25) is 17.7 Å². The molecule has 2 atom stereocenters. The van der Waals surface area contributed by atoms with Gasteiger partial charge in [-0.3, -0.25) is 14.4 Å². The summed E-state index contributed by atoms with van der Waals surface area (Å²) < 4.78 is 0. The summed E-state index contributed by atoms with van der Waals surface area (Å²) in [4.78, 5) is 41.0. The third-order valence-corrected chi connectivity index (χ3v) is 5.79. The lowest BCUT2D eigenvalue weighted by Crippen LogP contribution is -2.60. The van der Waals surface area contributed by atoms with Gasteiger partial charge in [0.05, 0.1) is 0 Å². The second kappa shape index (κ2) is 9.58. The van der Waals surface area contributed by atoms with Crippen molar-refractivity contribution in [2.75, 3.05) is 25.5 Å². The maximum Gasteiger partial charge on any atom is 0.245 e. The van der Waals surface area contributed by atoms with E-state index in [1.165, 1.54) is 6.42 Å². The number of rotatable bonds is 5. The van der Waals surface area contributed by atoms with Crippen molar-refractivity contribution in [2.24, 2.45) is 11.8 Å². The van der Waals surface area contributed by atoms with E-state index in [0.717, 1.165) is 25.7 Å². The van der Waals surface area contributed by atoms with Crippen LogP contribution in [0.4, 0.5) is 0 Å². The van der Waals surface area contributed by atoms with Crippen molar-refractivity contribution in [3.8, 4) is 0 Å². The number of carbonyl (C=O) groups is 3. The summed E-state index contributed by atoms with van der Waals surface area (Å²) in [5.74, 6) is -0.198. The number of hydrogen-bond donors (Lipinski definition) is 1. The molecule has 7 heteroatoms. The number of nitrogens with zero attached hydrogens (tertiary/aromatic N) is 2. The minimum absolute atomic E-state index is 0.00123. The van der Waals surface area contributed by atoms with E-state index in [1.807, 2.05) is 25.7 Å². The highest BCUT2D eigenvalue weighted by Crippen LogP contribution is 2.27. The predicted molar refractivity (Wildman–Crippen MR) is 102 cm³/mol. The Morgan fingerprint density at radius 1 is 1.12 bits per heavy atom. The molecule has 1 saturated carbocycles. The molecule has 1 heterocycles. The molecule has 0 bridgehead atoms. The van der Waals surface area contributed by atoms with E-state index in [9.17, 15) is 14.4 Å². The predicted octanol–water partition coefficient (Wildman–Crippen LogP) is 2.01. The number of hydrogen-bond acceptors (Lipinski definition) is 3. The van der Waals surface area contributed by atoms with Crippen LogP contribution in [0.1, 0.15) is 52.9 Å². The first-order valence-corrected chi connectivity index (χ1v) is 10.3. The molecule has 2 fully saturated rings. The Morgan fingerprint density at radius 2 is 1.77 bits per heavy atom. The topological polar surface area (TPSA) is 69.7 Å². The molecular formula is C19H32ClN3O3. The van der Waals surface area contributed by atoms with E-state index in [4.69, 9.17) is 11.6 Å². The maximum atomic E-state index is 12.9. The van der Waals surface area contributed by atoms with Crippen molar-refractivity contribution >= 4 is 29.3 Å². The van der Waals surface area contributed by atoms with Crippen LogP contribution in [0.25, 0.3) is 0 Å². The van der Waals surface area contributed by atoms with Crippen LogP contribution in [-0.2, 0) is 14.4 Å². The monoisotopic (exact) mass is 385 g/mol. The van der Waals surface area contributed by atoms with Gasteiger partial charge in [-0.1, -0.05) is 33.1 Å². The quantitative estimate of drug-likeness (QED) is 0.736. The van der Waals surface area contributed by atoms with E-state index in [-0.39, 0.29) is 41.5 Å². The Bertz CT molecular complexity index is 520. The van der Waals surface area contributed by atoms with Crippen LogP contribution >= 0.6 is 11.6 Å². The average molecular weight is 386 g/mol. The summed E-state index contributed by atoms with van der Waals surface area (Å²) in [5, 5.41) is 2.72. The van der Waals surface area contributed by atoms with Crippen molar-refractivity contribution in [1.82, 2.24) is 15.1 Å². The molecular weight excluding hydrogens is 354 g/mol. The number of piperazine rings is 1. The van der Waals surface area contributed by atoms with E-state index < -0.39 is 6.04 Å². The van der Waals surface area contributed by atoms with Crippen molar-refractivity contribution in [3.05, 3.63) is 0 Å². The molecule has 0 radical (unpaired) electrons. The van der Waals surface area contributed by atoms with Gasteiger partial charge in [0.1, 0.15) is 11.9 Å². The first-order valence-electron chi connectivity index (χ1n) is 9.79. The van der Waals surface area contributed by atoms with Gasteiger partial charge < -0.3 is 15.1 Å². The Balaban J connectivity index is 1.96. The standard InChI is InChI=1S/C19H32ClN3O3/c1-13(2)17(21-16(24)11-20)19(26)22-9-10-23(14(3)12-22)18(25)15-7-5-4-6-8-15/h13-15,17H,4-12H2,1-3H3,(H,21,24). The molecule has 148 valence electrons. The maximum absolute atomic E-state index is 12.9. The minimum atomic E-state index is -0.575. The normalized spacial score (nSPS) is 23.0. The first kappa shape index (κ1) is 21.0. The van der Waals surface area contributed by atoms with Crippen LogP contribution in [0.15, 0.2) is 0 Å². The summed E-state index contributed by atoms with van der Waals surface area (Å²) in [7, 11) is 0. The Hall–Kier alpha value is -1.30. The molecule has 0 aromatic rings. The molecule has 1 aliphatic carbocycles. The summed E-state index contributed by atoms with van der Waals surface area (Å²) in [6, 6.07) is -0.576. The third kappa shape index (κ3) is 5.12. The van der Waals surface area contributed by atoms with Gasteiger partial charge in [0.25, 0.3) is 0 Å². The van der Waals surface area contributed by atoms with Crippen molar-refractivity contribution in [1.29, 1.82) is 0 Å². The lowest BCUT2D eigenvalue weighted by atomic mass is 9.87. The third-order valence-electron chi connectivity index (χ3n) is 5.55. The number of alkyl halides is 1. The molecule has 0 spiro atoms. The molecule has 0 aromatic carbocycles. The lowest BCUT2D eigenvalue weighted by molar-refractivity contribution is -0.147. The lowest BCUT2D eigenvalue weighted by Gasteiger charge is -2.43. The van der Waals surface area contributed by atoms with Gasteiger partial charge in [-0.15, -0.1) is 11.6 Å². The van der Waals surface area contributed by atoms with Crippen LogP contribution < -0.4 is 5.32 Å². The van der Waals surface area contributed by atoms with Gasteiger partial charge in [-0.2, -0.15) is 0 Å². The molecule has 26 heavy (non-hydrogen) atoms. The van der Waals surface area contributed by atoms with Gasteiger partial charge in [0.15, 0.2) is 0 Å². The van der Waals surface area contributed by atoms with Crippen LogP contribution in [0.3, 0.4) is 0 Å². The van der Waals surface area contributed by atoms with Gasteiger partial charge in [-0.25, -0.2) is 0 Å². The van der Waals surface area contributed by atoms with Gasteiger partial charge >= 0.3 is 0 Å². The minimum Gasteiger partial charge on any atom is -0.343 e. The largest absolute Gasteiger partial charge is 0.343 e. The summed E-state index contributed by atoms with van der Waals surface area (Å²) >= 11 is 5.56. The molecule has 0 aromatic heterocycles. The van der Waals surface area contributed by atoms with Crippen LogP contribution in [0.2, 0.25) is 0 Å². The number of carbonyl (C=O) groups excluding carboxylic acids is 3. The zero-order chi connectivity index (χ0) is 19.3. The molecule has 1 aliphatic heterocycles. The molecule has 6 nitrogen and oxygen atoms in total. The Labute approximate surface area is 161 Å². The van der Waals surface area contributed by atoms with Crippen molar-refractivity contribution in [3.63, 3.8) is 0 Å². The first-order chi connectivity index (χ1) is 12.3. The van der Waals surface area contributed by atoms with Gasteiger partial charge in [-0.05, 0) is 25.7 Å². The fourth-order valence-electron chi connectivity index (χ4n) is 3.99. The number of halogens is 1. The molecule has 2 rings (SSSR count). The van der Waals surface area contributed by atoms with Crippen molar-refractivity contribution < 1.29 is 14.4 Å². The summed E-state index contributed by atoms with van der Waals surface area (Å²) in [6.45, 7) is 7.41. The molecule has 2 aliphatic rings. The summed E-state index contributed by atoms with van der Waals surface area (Å²) in [6.07, 6.45) is 5.49. The van der Waals surface area contributed by atoms with E-state index in [0.29, 0.717) is 19.6 Å². The Morgan fingerprint density at radius 3 is 2.31 bits per heavy atom. The molecule has 1 N–H and O–H groups in total. The van der Waals surface area contributed by atoms with E-state index >= 15 is 0 Å². The fourth-order valence-corrected chi connectivity index (χ4v) is 4.07. The zero-order valence-electron chi connectivity index (χ0n) is 16.2. The zero-order valence-corrected chi connectivity index (χ0v) is 16.9. The Kier molecular flexibility index (Phi) is 7.74. The van der Waals surface area contributed by atoms with Crippen LogP contribution in [0, 0.1) is 11.8 Å². The highest BCUT2D eigenvalue weighted by molar-refractivity contribution is 6.27. The second-order valence-electron chi connectivity index (χ2n) is 7.92. The highest BCUT2D eigenvalue weighted by Gasteiger charge is 2.36.